The molecule has 1 aliphatic heterocycles. The molecule has 3 rings (SSSR count). The second-order valence-electron chi connectivity index (χ2n) is 12.4. The van der Waals surface area contributed by atoms with Gasteiger partial charge in [-0.15, -0.1) is 0 Å². The zero-order chi connectivity index (χ0) is 32.7. The summed E-state index contributed by atoms with van der Waals surface area (Å²) < 4.78 is 23.2. The molecule has 0 aromatic carbocycles. The monoisotopic (exact) mass is 616 g/mol. The Bertz CT molecular complexity index is 1170. The molecule has 0 bridgehead atoms. The van der Waals surface area contributed by atoms with Gasteiger partial charge in [0.25, 0.3) is 0 Å². The van der Waals surface area contributed by atoms with Crippen LogP contribution >= 0.6 is 0 Å². The van der Waals surface area contributed by atoms with Crippen molar-refractivity contribution in [2.24, 2.45) is 22.7 Å². The number of aliphatic hydroxyl groups is 1. The van der Waals surface area contributed by atoms with Crippen LogP contribution < -0.4 is 0 Å². The number of carbonyl (C=O) groups excluding carboxylic acids is 3. The van der Waals surface area contributed by atoms with E-state index in [4.69, 9.17) is 23.8 Å². The largest absolute Gasteiger partial charge is 0.455 e. The maximum atomic E-state index is 12.9. The topological polar surface area (TPSA) is 138 Å². The van der Waals surface area contributed by atoms with Crippen LogP contribution in [0.3, 0.4) is 0 Å². The van der Waals surface area contributed by atoms with Crippen LogP contribution in [0.5, 0.6) is 0 Å². The molecule has 0 unspecified atom stereocenters. The van der Waals surface area contributed by atoms with Crippen molar-refractivity contribution < 1.29 is 48.6 Å². The number of rotatable bonds is 14. The van der Waals surface area contributed by atoms with E-state index in [9.17, 15) is 24.7 Å². The average molecular weight is 617 g/mol. The molecule has 0 aromatic rings. The number of esters is 3. The van der Waals surface area contributed by atoms with Gasteiger partial charge in [-0.2, -0.15) is 0 Å². The Kier molecular flexibility index (Phi) is 12.3. The highest BCUT2D eigenvalue weighted by Gasteiger charge is 2.71. The molecule has 0 radical (unpaired) electrons. The summed E-state index contributed by atoms with van der Waals surface area (Å²) >= 11 is 0. The third-order valence-corrected chi connectivity index (χ3v) is 9.55. The number of unbranched alkanes of at least 4 members (excludes halogenated alkanes) is 3. The van der Waals surface area contributed by atoms with Crippen LogP contribution in [0.2, 0.25) is 0 Å². The van der Waals surface area contributed by atoms with Gasteiger partial charge in [0.2, 0.25) is 12.6 Å². The van der Waals surface area contributed by atoms with Gasteiger partial charge < -0.3 is 19.3 Å². The van der Waals surface area contributed by atoms with E-state index in [0.717, 1.165) is 25.7 Å². The van der Waals surface area contributed by atoms with E-state index in [2.05, 4.69) is 20.1 Å². The summed E-state index contributed by atoms with van der Waals surface area (Å²) in [6.07, 6.45) is 9.66. The molecule has 1 heterocycles. The molecular weight excluding hydrogens is 568 g/mol. The molecule has 2 fully saturated rings. The lowest BCUT2D eigenvalue weighted by atomic mass is 9.44. The predicted molar refractivity (Wildman–Crippen MR) is 162 cm³/mol. The summed E-state index contributed by atoms with van der Waals surface area (Å²) in [4.78, 5) is 42.2. The lowest BCUT2D eigenvalue weighted by Crippen LogP contribution is -2.63. The molecule has 244 valence electrons. The van der Waals surface area contributed by atoms with Crippen LogP contribution in [0.4, 0.5) is 0 Å². The number of hydrogen-bond acceptors (Lipinski definition) is 10. The van der Waals surface area contributed by atoms with Crippen molar-refractivity contribution >= 4 is 17.9 Å². The predicted octanol–water partition coefficient (Wildman–Crippen LogP) is 5.73. The lowest BCUT2D eigenvalue weighted by Gasteiger charge is -2.60. The van der Waals surface area contributed by atoms with Crippen molar-refractivity contribution in [1.29, 1.82) is 0 Å². The Labute approximate surface area is 260 Å². The summed E-state index contributed by atoms with van der Waals surface area (Å²) in [7, 11) is 0. The summed E-state index contributed by atoms with van der Waals surface area (Å²) in [6.45, 7) is 16.3. The maximum absolute atomic E-state index is 12.9. The molecule has 0 amide bonds. The number of aliphatic hydroxyl groups excluding tert-OH is 1. The van der Waals surface area contributed by atoms with Crippen molar-refractivity contribution in [1.82, 2.24) is 0 Å². The molecule has 3 aliphatic rings. The number of hydrogen-bond donors (Lipinski definition) is 2. The lowest BCUT2D eigenvalue weighted by molar-refractivity contribution is -0.287. The third-order valence-electron chi connectivity index (χ3n) is 9.55. The second kappa shape index (κ2) is 15.3. The van der Waals surface area contributed by atoms with E-state index in [1.807, 2.05) is 26.0 Å². The SMILES string of the molecule is C=CC(=C)[C@@H](C[C@]1(C)[C@H](C)C[C@H](O)[C@@]23C(=C[C@H](OC(=O)/C=C\C=C\CCCCC)C[C@@H]12)[C@@H](OC(C)=O)O[C@H]3OC(C)=O)OO. The van der Waals surface area contributed by atoms with E-state index < -0.39 is 65.5 Å². The molecule has 1 saturated heterocycles. The summed E-state index contributed by atoms with van der Waals surface area (Å²) in [5.74, 6) is -2.57. The van der Waals surface area contributed by atoms with Gasteiger partial charge in [0.15, 0.2) is 0 Å². The second-order valence-corrected chi connectivity index (χ2v) is 12.4. The molecule has 0 aromatic heterocycles. The minimum absolute atomic E-state index is 0.150. The Balaban J connectivity index is 2.08. The average Bonchev–Trinajstić information content (AvgIpc) is 3.25. The van der Waals surface area contributed by atoms with E-state index in [0.29, 0.717) is 11.1 Å². The van der Waals surface area contributed by atoms with Crippen molar-refractivity contribution in [2.75, 3.05) is 0 Å². The summed E-state index contributed by atoms with van der Waals surface area (Å²) in [6, 6.07) is 0. The molecule has 44 heavy (non-hydrogen) atoms. The minimum atomic E-state index is -1.34. The van der Waals surface area contributed by atoms with Gasteiger partial charge >= 0.3 is 17.9 Å². The first-order valence-electron chi connectivity index (χ1n) is 15.4. The fourth-order valence-corrected chi connectivity index (χ4v) is 7.18. The van der Waals surface area contributed by atoms with Gasteiger partial charge in [-0.25, -0.2) is 9.68 Å². The number of carbonyl (C=O) groups is 3. The number of allylic oxidation sites excluding steroid dienone is 3. The Morgan fingerprint density at radius 2 is 1.84 bits per heavy atom. The van der Waals surface area contributed by atoms with Gasteiger partial charge in [0, 0.05) is 25.5 Å². The maximum Gasteiger partial charge on any atom is 0.331 e. The first kappa shape index (κ1) is 35.4. The molecule has 1 spiro atoms. The number of ether oxygens (including phenoxy) is 4. The van der Waals surface area contributed by atoms with Crippen molar-refractivity contribution in [2.45, 2.75) is 110 Å². The van der Waals surface area contributed by atoms with Gasteiger partial charge in [-0.3, -0.25) is 19.6 Å². The Hall–Kier alpha value is -3.05. The zero-order valence-electron chi connectivity index (χ0n) is 26.5. The van der Waals surface area contributed by atoms with Crippen molar-refractivity contribution in [3.8, 4) is 0 Å². The minimum Gasteiger partial charge on any atom is -0.455 e. The van der Waals surface area contributed by atoms with Gasteiger partial charge in [-0.05, 0) is 61.0 Å². The highest BCUT2D eigenvalue weighted by atomic mass is 17.1. The molecule has 1 saturated carbocycles. The molecule has 9 atom stereocenters. The van der Waals surface area contributed by atoms with Crippen LogP contribution in [0.15, 0.2) is 60.8 Å². The molecule has 2 N–H and O–H groups in total. The van der Waals surface area contributed by atoms with E-state index in [1.165, 1.54) is 26.0 Å². The third kappa shape index (κ3) is 7.42. The molecule has 2 aliphatic carbocycles. The van der Waals surface area contributed by atoms with E-state index in [1.54, 1.807) is 12.2 Å². The fraction of sp³-hybridized carbons (Fsp3) is 0.618. The zero-order valence-corrected chi connectivity index (χ0v) is 26.5. The standard InChI is InChI=1S/C34H48O10/c1-8-10-11-12-13-14-15-16-30(38)42-25-18-26-31(40-23(5)35)43-32(41-24(6)36)34(26)28(19-25)33(7,22(4)17-29(34)37)20-27(44-39)21(3)9-2/h9,13-16,18,22,25,27-29,31-32,37,39H,2-3,8,10-12,17,19-20H2,1,4-7H3/b14-13+,16-15-/t22-,25+,27-,28+,29+,31+,32-,33-,34-/m1/s1. The van der Waals surface area contributed by atoms with E-state index in [-0.39, 0.29) is 25.2 Å². The van der Waals surface area contributed by atoms with Gasteiger partial charge in [-0.1, -0.05) is 71.1 Å². The molecular formula is C34H48O10. The quantitative estimate of drug-likeness (QED) is 0.0364. The summed E-state index contributed by atoms with van der Waals surface area (Å²) in [5, 5.41) is 21.7. The Morgan fingerprint density at radius 1 is 1.14 bits per heavy atom. The highest BCUT2D eigenvalue weighted by molar-refractivity contribution is 5.82. The Morgan fingerprint density at radius 3 is 2.45 bits per heavy atom. The van der Waals surface area contributed by atoms with Crippen molar-refractivity contribution in [3.05, 3.63) is 60.8 Å². The van der Waals surface area contributed by atoms with Crippen LogP contribution in [-0.4, -0.2) is 59.2 Å². The van der Waals surface area contributed by atoms with Gasteiger partial charge in [0.1, 0.15) is 12.2 Å². The first-order valence-corrected chi connectivity index (χ1v) is 15.4. The van der Waals surface area contributed by atoms with Crippen molar-refractivity contribution in [3.63, 3.8) is 0 Å². The van der Waals surface area contributed by atoms with Gasteiger partial charge in [0.05, 0.1) is 11.5 Å². The van der Waals surface area contributed by atoms with Crippen LogP contribution in [0.25, 0.3) is 0 Å². The fourth-order valence-electron chi connectivity index (χ4n) is 7.18. The smallest absolute Gasteiger partial charge is 0.331 e. The molecule has 10 heteroatoms. The van der Waals surface area contributed by atoms with Crippen LogP contribution in [0.1, 0.15) is 79.6 Å². The molecule has 10 nitrogen and oxygen atoms in total. The first-order chi connectivity index (χ1) is 20.8. The van der Waals surface area contributed by atoms with Crippen LogP contribution in [-0.2, 0) is 38.2 Å². The van der Waals surface area contributed by atoms with Crippen LogP contribution in [0, 0.1) is 22.7 Å². The highest BCUT2D eigenvalue weighted by Crippen LogP contribution is 2.67. The summed E-state index contributed by atoms with van der Waals surface area (Å²) in [5.41, 5.74) is -1.25. The normalized spacial score (nSPS) is 33.7. The van der Waals surface area contributed by atoms with E-state index >= 15 is 0 Å².